The highest BCUT2D eigenvalue weighted by Gasteiger charge is 2.30. The molecule has 0 aliphatic heterocycles. The van der Waals surface area contributed by atoms with Crippen molar-refractivity contribution in [1.82, 2.24) is 10.3 Å². The normalized spacial score (nSPS) is 16.0. The van der Waals surface area contributed by atoms with E-state index in [0.717, 1.165) is 12.1 Å². The summed E-state index contributed by atoms with van der Waals surface area (Å²) in [5, 5.41) is 2.96. The van der Waals surface area contributed by atoms with Gasteiger partial charge < -0.3 is 11.1 Å². The number of hydrogen-bond donors (Lipinski definition) is 2. The fraction of sp³-hybridized carbons (Fsp3) is 0.538. The molecule has 0 saturated heterocycles. The lowest BCUT2D eigenvalue weighted by Gasteiger charge is -2.27. The Labute approximate surface area is 103 Å². The van der Waals surface area contributed by atoms with E-state index >= 15 is 0 Å². The van der Waals surface area contributed by atoms with E-state index in [1.54, 1.807) is 6.20 Å². The molecule has 1 heterocycles. The minimum atomic E-state index is -0.497. The van der Waals surface area contributed by atoms with E-state index in [1.807, 2.05) is 39.0 Å². The molecule has 0 aliphatic carbocycles. The number of pyridine rings is 1. The highest BCUT2D eigenvalue weighted by Crippen LogP contribution is 2.21. The van der Waals surface area contributed by atoms with E-state index in [-0.39, 0.29) is 11.9 Å². The maximum Gasteiger partial charge on any atom is 0.227 e. The van der Waals surface area contributed by atoms with Crippen molar-refractivity contribution in [2.75, 3.05) is 6.54 Å². The molecule has 0 aromatic carbocycles. The Kier molecular flexibility index (Phi) is 4.63. The van der Waals surface area contributed by atoms with Gasteiger partial charge in [0.15, 0.2) is 0 Å². The number of hydrogen-bond acceptors (Lipinski definition) is 3. The van der Waals surface area contributed by atoms with Gasteiger partial charge in [0.2, 0.25) is 5.91 Å². The quantitative estimate of drug-likeness (QED) is 0.815. The summed E-state index contributed by atoms with van der Waals surface area (Å²) in [6.45, 7) is 6.13. The second-order valence-corrected chi connectivity index (χ2v) is 4.57. The van der Waals surface area contributed by atoms with Crippen LogP contribution in [0.5, 0.6) is 0 Å². The molecule has 17 heavy (non-hydrogen) atoms. The summed E-state index contributed by atoms with van der Waals surface area (Å²) in [6, 6.07) is 5.57. The largest absolute Gasteiger partial charge is 0.347 e. The number of aromatic nitrogens is 1. The van der Waals surface area contributed by atoms with Gasteiger partial charge in [0.1, 0.15) is 0 Å². The molecule has 0 bridgehead atoms. The summed E-state index contributed by atoms with van der Waals surface area (Å²) in [5.41, 5.74) is 6.02. The van der Waals surface area contributed by atoms with E-state index in [1.165, 1.54) is 0 Å². The first-order valence-corrected chi connectivity index (χ1v) is 5.95. The Morgan fingerprint density at radius 1 is 1.59 bits per heavy atom. The van der Waals surface area contributed by atoms with Gasteiger partial charge in [-0.05, 0) is 32.4 Å². The van der Waals surface area contributed by atoms with E-state index in [0.29, 0.717) is 6.54 Å². The van der Waals surface area contributed by atoms with Crippen LogP contribution in [0.3, 0.4) is 0 Å². The molecule has 0 saturated carbocycles. The summed E-state index contributed by atoms with van der Waals surface area (Å²) >= 11 is 0. The van der Waals surface area contributed by atoms with Crippen molar-refractivity contribution >= 4 is 5.91 Å². The van der Waals surface area contributed by atoms with Crippen LogP contribution in [0.2, 0.25) is 0 Å². The van der Waals surface area contributed by atoms with Crippen molar-refractivity contribution in [2.24, 2.45) is 11.1 Å². The second kappa shape index (κ2) is 5.77. The van der Waals surface area contributed by atoms with Crippen LogP contribution in [0.25, 0.3) is 0 Å². The molecule has 0 spiro atoms. The third-order valence-electron chi connectivity index (χ3n) is 3.26. The zero-order valence-electron chi connectivity index (χ0n) is 10.7. The minimum absolute atomic E-state index is 0.0133. The summed E-state index contributed by atoms with van der Waals surface area (Å²) in [7, 11) is 0. The Morgan fingerprint density at radius 2 is 2.29 bits per heavy atom. The third-order valence-corrected chi connectivity index (χ3v) is 3.26. The Hall–Kier alpha value is -1.42. The maximum atomic E-state index is 12.1. The van der Waals surface area contributed by atoms with Crippen molar-refractivity contribution in [1.29, 1.82) is 0 Å². The zero-order valence-corrected chi connectivity index (χ0v) is 10.7. The van der Waals surface area contributed by atoms with Crippen LogP contribution >= 0.6 is 0 Å². The Bertz CT molecular complexity index is 360. The van der Waals surface area contributed by atoms with Crippen molar-refractivity contribution in [3.63, 3.8) is 0 Å². The smallest absolute Gasteiger partial charge is 0.227 e. The van der Waals surface area contributed by atoms with Crippen molar-refractivity contribution in [3.05, 3.63) is 30.1 Å². The first-order chi connectivity index (χ1) is 8.03. The number of nitrogens with one attached hydrogen (secondary N) is 1. The second-order valence-electron chi connectivity index (χ2n) is 4.57. The number of nitrogens with zero attached hydrogens (tertiary/aromatic N) is 1. The monoisotopic (exact) mass is 235 g/mol. The van der Waals surface area contributed by atoms with E-state index in [2.05, 4.69) is 10.3 Å². The van der Waals surface area contributed by atoms with Crippen molar-refractivity contribution in [2.45, 2.75) is 33.2 Å². The summed E-state index contributed by atoms with van der Waals surface area (Å²) < 4.78 is 0. The van der Waals surface area contributed by atoms with Crippen LogP contribution in [-0.2, 0) is 4.79 Å². The highest BCUT2D eigenvalue weighted by molar-refractivity contribution is 5.82. The number of carbonyl (C=O) groups excluding carboxylic acids is 1. The van der Waals surface area contributed by atoms with Crippen LogP contribution in [0, 0.1) is 5.41 Å². The lowest BCUT2D eigenvalue weighted by molar-refractivity contribution is -0.130. The van der Waals surface area contributed by atoms with Gasteiger partial charge in [-0.1, -0.05) is 13.0 Å². The lowest BCUT2D eigenvalue weighted by atomic mass is 9.86. The molecule has 3 N–H and O–H groups in total. The minimum Gasteiger partial charge on any atom is -0.347 e. The number of rotatable bonds is 5. The molecule has 1 amide bonds. The SMILES string of the molecule is CCC(C)(CN)C(=O)N[C@@H](C)c1ccccn1. The van der Waals surface area contributed by atoms with E-state index in [4.69, 9.17) is 5.73 Å². The molecular weight excluding hydrogens is 214 g/mol. The average molecular weight is 235 g/mol. The van der Waals surface area contributed by atoms with Crippen molar-refractivity contribution < 1.29 is 4.79 Å². The van der Waals surface area contributed by atoms with Gasteiger partial charge in [0, 0.05) is 12.7 Å². The van der Waals surface area contributed by atoms with Crippen LogP contribution in [0.15, 0.2) is 24.4 Å². The predicted molar refractivity (Wildman–Crippen MR) is 68.2 cm³/mol. The Balaban J connectivity index is 2.69. The van der Waals surface area contributed by atoms with Gasteiger partial charge in [-0.2, -0.15) is 0 Å². The average Bonchev–Trinajstić information content (AvgIpc) is 2.38. The molecule has 1 unspecified atom stereocenters. The summed E-state index contributed by atoms with van der Waals surface area (Å²) in [5.74, 6) is -0.0133. The zero-order chi connectivity index (χ0) is 12.9. The summed E-state index contributed by atoms with van der Waals surface area (Å²) in [6.07, 6.45) is 2.45. The fourth-order valence-electron chi connectivity index (χ4n) is 1.47. The molecule has 1 aromatic rings. The van der Waals surface area contributed by atoms with Gasteiger partial charge in [0.05, 0.1) is 17.2 Å². The van der Waals surface area contributed by atoms with Gasteiger partial charge in [-0.3, -0.25) is 9.78 Å². The number of nitrogens with two attached hydrogens (primary N) is 1. The van der Waals surface area contributed by atoms with Gasteiger partial charge in [-0.25, -0.2) is 0 Å². The third kappa shape index (κ3) is 3.27. The highest BCUT2D eigenvalue weighted by atomic mass is 16.2. The van der Waals surface area contributed by atoms with Gasteiger partial charge >= 0.3 is 0 Å². The fourth-order valence-corrected chi connectivity index (χ4v) is 1.47. The predicted octanol–water partition coefficient (Wildman–Crippen LogP) is 1.63. The van der Waals surface area contributed by atoms with Gasteiger partial charge in [0.25, 0.3) is 0 Å². The standard InChI is InChI=1S/C13H21N3O/c1-4-13(3,9-14)12(17)16-10(2)11-7-5-6-8-15-11/h5-8,10H,4,9,14H2,1-3H3,(H,16,17)/t10-,13?/m0/s1. The molecule has 4 heteroatoms. The molecule has 1 aromatic heterocycles. The van der Waals surface area contributed by atoms with Gasteiger partial charge in [-0.15, -0.1) is 0 Å². The Morgan fingerprint density at radius 3 is 2.76 bits per heavy atom. The van der Waals surface area contributed by atoms with E-state index < -0.39 is 5.41 Å². The molecule has 1 rings (SSSR count). The first kappa shape index (κ1) is 13.6. The van der Waals surface area contributed by atoms with Crippen LogP contribution in [-0.4, -0.2) is 17.4 Å². The molecule has 94 valence electrons. The van der Waals surface area contributed by atoms with Crippen LogP contribution in [0.4, 0.5) is 0 Å². The summed E-state index contributed by atoms with van der Waals surface area (Å²) in [4.78, 5) is 16.3. The molecule has 0 fully saturated rings. The topological polar surface area (TPSA) is 68.0 Å². The maximum absolute atomic E-state index is 12.1. The van der Waals surface area contributed by atoms with Crippen LogP contribution in [0.1, 0.15) is 38.9 Å². The molecule has 0 radical (unpaired) electrons. The van der Waals surface area contributed by atoms with E-state index in [9.17, 15) is 4.79 Å². The first-order valence-electron chi connectivity index (χ1n) is 5.95. The van der Waals surface area contributed by atoms with Crippen LogP contribution < -0.4 is 11.1 Å². The molecular formula is C13H21N3O. The molecule has 0 aliphatic rings. The number of amides is 1. The number of carbonyl (C=O) groups is 1. The lowest BCUT2D eigenvalue weighted by Crippen LogP contribution is -2.44. The molecule has 2 atom stereocenters. The molecule has 4 nitrogen and oxygen atoms in total. The van der Waals surface area contributed by atoms with Crippen molar-refractivity contribution in [3.8, 4) is 0 Å².